The third kappa shape index (κ3) is 5.22. The molecule has 1 aromatic heterocycles. The fourth-order valence-electron chi connectivity index (χ4n) is 2.59. The van der Waals surface area contributed by atoms with Gasteiger partial charge in [-0.2, -0.15) is 5.10 Å². The highest BCUT2D eigenvalue weighted by Gasteiger charge is 2.28. The molecular weight excluding hydrogens is 424 g/mol. The number of nitrogens with one attached hydrogen (secondary N) is 1. The lowest BCUT2D eigenvalue weighted by molar-refractivity contribution is -0.119. The number of hydrazone groups is 1. The molecule has 0 unspecified atom stereocenters. The molecular formula is C21H19ClN4O3S. The zero-order valence-corrected chi connectivity index (χ0v) is 17.6. The normalized spacial score (nSPS) is 11.4. The summed E-state index contributed by atoms with van der Waals surface area (Å²) in [6.45, 7) is 1.36. The number of pyridine rings is 1. The van der Waals surface area contributed by atoms with Gasteiger partial charge in [-0.15, -0.1) is 0 Å². The summed E-state index contributed by atoms with van der Waals surface area (Å²) < 4.78 is 27.5. The standard InChI is InChI=1S/C21H19ClN4O3S/c1-16-8-10-18(11-9-16)30(28,29)26(20-7-3-2-6-19(20)22)15-21(27)25-24-14-17-5-4-12-23-13-17/h2-14H,15H2,1H3,(H,25,27)/b24-14+. The van der Waals surface area contributed by atoms with E-state index in [4.69, 9.17) is 11.6 Å². The van der Waals surface area contributed by atoms with Crippen molar-refractivity contribution in [2.75, 3.05) is 10.8 Å². The predicted molar refractivity (Wildman–Crippen MR) is 117 cm³/mol. The van der Waals surface area contributed by atoms with E-state index in [-0.39, 0.29) is 15.6 Å². The second-order valence-corrected chi connectivity index (χ2v) is 8.63. The average molecular weight is 443 g/mol. The number of anilines is 1. The van der Waals surface area contributed by atoms with Crippen molar-refractivity contribution in [1.29, 1.82) is 0 Å². The highest BCUT2D eigenvalue weighted by molar-refractivity contribution is 7.92. The summed E-state index contributed by atoms with van der Waals surface area (Å²) >= 11 is 6.23. The number of aryl methyl sites for hydroxylation is 1. The van der Waals surface area contributed by atoms with E-state index in [2.05, 4.69) is 15.5 Å². The van der Waals surface area contributed by atoms with E-state index in [0.29, 0.717) is 5.56 Å². The number of nitrogens with zero attached hydrogens (tertiary/aromatic N) is 3. The summed E-state index contributed by atoms with van der Waals surface area (Å²) in [6.07, 6.45) is 4.61. The molecule has 0 radical (unpaired) electrons. The van der Waals surface area contributed by atoms with Crippen LogP contribution in [0.1, 0.15) is 11.1 Å². The number of hydrogen-bond donors (Lipinski definition) is 1. The van der Waals surface area contributed by atoms with Crippen molar-refractivity contribution in [2.45, 2.75) is 11.8 Å². The van der Waals surface area contributed by atoms with E-state index < -0.39 is 22.5 Å². The van der Waals surface area contributed by atoms with Gasteiger partial charge < -0.3 is 0 Å². The lowest BCUT2D eigenvalue weighted by Gasteiger charge is -2.24. The van der Waals surface area contributed by atoms with Crippen LogP contribution in [-0.2, 0) is 14.8 Å². The molecule has 1 N–H and O–H groups in total. The third-order valence-corrected chi connectivity index (χ3v) is 6.20. The minimum absolute atomic E-state index is 0.0553. The summed E-state index contributed by atoms with van der Waals surface area (Å²) in [4.78, 5) is 16.5. The smallest absolute Gasteiger partial charge is 0.264 e. The van der Waals surface area contributed by atoms with Gasteiger partial charge in [0.05, 0.1) is 21.8 Å². The van der Waals surface area contributed by atoms with Crippen LogP contribution in [0.4, 0.5) is 5.69 Å². The molecule has 0 saturated carbocycles. The summed E-state index contributed by atoms with van der Waals surface area (Å²) in [5, 5.41) is 4.07. The van der Waals surface area contributed by atoms with Crippen LogP contribution in [0.15, 0.2) is 83.1 Å². The zero-order chi connectivity index (χ0) is 21.6. The maximum Gasteiger partial charge on any atom is 0.264 e. The van der Waals surface area contributed by atoms with Crippen LogP contribution in [0.5, 0.6) is 0 Å². The minimum Gasteiger partial charge on any atom is -0.271 e. The number of carbonyl (C=O) groups excluding carboxylic acids is 1. The Bertz CT molecular complexity index is 1150. The van der Waals surface area contributed by atoms with E-state index >= 15 is 0 Å². The number of rotatable bonds is 7. The van der Waals surface area contributed by atoms with Gasteiger partial charge in [-0.3, -0.25) is 14.1 Å². The fraction of sp³-hybridized carbons (Fsp3) is 0.0952. The molecule has 0 aliphatic rings. The molecule has 3 aromatic rings. The SMILES string of the molecule is Cc1ccc(S(=O)(=O)N(CC(=O)N/N=C/c2cccnc2)c2ccccc2Cl)cc1. The van der Waals surface area contributed by atoms with Crippen molar-refractivity contribution >= 4 is 39.4 Å². The Morgan fingerprint density at radius 1 is 1.13 bits per heavy atom. The van der Waals surface area contributed by atoms with E-state index in [9.17, 15) is 13.2 Å². The number of sulfonamides is 1. The molecule has 1 amide bonds. The van der Waals surface area contributed by atoms with Gasteiger partial charge in [0.2, 0.25) is 0 Å². The van der Waals surface area contributed by atoms with Gasteiger partial charge in [0, 0.05) is 18.0 Å². The molecule has 9 heteroatoms. The lowest BCUT2D eigenvalue weighted by atomic mass is 10.2. The molecule has 2 aromatic carbocycles. The van der Waals surface area contributed by atoms with E-state index in [0.717, 1.165) is 9.87 Å². The molecule has 0 spiro atoms. The summed E-state index contributed by atoms with van der Waals surface area (Å²) in [5.41, 5.74) is 4.14. The van der Waals surface area contributed by atoms with Gasteiger partial charge in [-0.05, 0) is 37.3 Å². The lowest BCUT2D eigenvalue weighted by Crippen LogP contribution is -2.39. The number of benzene rings is 2. The number of para-hydroxylation sites is 1. The number of carbonyl (C=O) groups is 1. The molecule has 0 atom stereocenters. The van der Waals surface area contributed by atoms with Crippen molar-refractivity contribution in [3.63, 3.8) is 0 Å². The first kappa shape index (κ1) is 21.5. The summed E-state index contributed by atoms with van der Waals surface area (Å²) in [5.74, 6) is -0.620. The van der Waals surface area contributed by atoms with Crippen LogP contribution in [0, 0.1) is 6.92 Å². The minimum atomic E-state index is -4.04. The van der Waals surface area contributed by atoms with Crippen molar-refractivity contribution in [1.82, 2.24) is 10.4 Å². The summed E-state index contributed by atoms with van der Waals surface area (Å²) in [6, 6.07) is 16.3. The first-order chi connectivity index (χ1) is 14.4. The van der Waals surface area contributed by atoms with Crippen molar-refractivity contribution < 1.29 is 13.2 Å². The van der Waals surface area contributed by atoms with Crippen molar-refractivity contribution in [3.8, 4) is 0 Å². The first-order valence-electron chi connectivity index (χ1n) is 8.94. The van der Waals surface area contributed by atoms with Crippen LogP contribution in [-0.4, -0.2) is 32.1 Å². The molecule has 7 nitrogen and oxygen atoms in total. The Morgan fingerprint density at radius 3 is 2.53 bits per heavy atom. The van der Waals surface area contributed by atoms with Gasteiger partial charge in [0.1, 0.15) is 6.54 Å². The van der Waals surface area contributed by atoms with E-state index in [1.165, 1.54) is 18.3 Å². The number of aromatic nitrogens is 1. The van der Waals surface area contributed by atoms with Crippen molar-refractivity contribution in [3.05, 3.63) is 89.2 Å². The largest absolute Gasteiger partial charge is 0.271 e. The van der Waals surface area contributed by atoms with E-state index in [1.54, 1.807) is 60.9 Å². The van der Waals surface area contributed by atoms with Crippen LogP contribution < -0.4 is 9.73 Å². The Labute approximate surface area is 180 Å². The molecule has 30 heavy (non-hydrogen) atoms. The van der Waals surface area contributed by atoms with Gasteiger partial charge in [-0.25, -0.2) is 13.8 Å². The molecule has 0 fully saturated rings. The van der Waals surface area contributed by atoms with Gasteiger partial charge in [-0.1, -0.05) is 47.5 Å². The molecule has 0 aliphatic carbocycles. The maximum atomic E-state index is 13.3. The number of amides is 1. The monoisotopic (exact) mass is 442 g/mol. The first-order valence-corrected chi connectivity index (χ1v) is 10.8. The van der Waals surface area contributed by atoms with Crippen LogP contribution in [0.2, 0.25) is 5.02 Å². The average Bonchev–Trinajstić information content (AvgIpc) is 2.74. The van der Waals surface area contributed by atoms with Gasteiger partial charge >= 0.3 is 0 Å². The van der Waals surface area contributed by atoms with Crippen LogP contribution in [0.3, 0.4) is 0 Å². The van der Waals surface area contributed by atoms with Gasteiger partial charge in [0.15, 0.2) is 0 Å². The highest BCUT2D eigenvalue weighted by atomic mass is 35.5. The quantitative estimate of drug-likeness (QED) is 0.448. The molecule has 0 bridgehead atoms. The molecule has 3 rings (SSSR count). The third-order valence-electron chi connectivity index (χ3n) is 4.10. The fourth-order valence-corrected chi connectivity index (χ4v) is 4.32. The van der Waals surface area contributed by atoms with Crippen LogP contribution >= 0.6 is 11.6 Å². The Morgan fingerprint density at radius 2 is 1.87 bits per heavy atom. The predicted octanol–water partition coefficient (Wildman–Crippen LogP) is 3.39. The molecule has 1 heterocycles. The van der Waals surface area contributed by atoms with Gasteiger partial charge in [0.25, 0.3) is 15.9 Å². The maximum absolute atomic E-state index is 13.3. The molecule has 0 saturated heterocycles. The second-order valence-electron chi connectivity index (χ2n) is 6.36. The number of hydrogen-bond acceptors (Lipinski definition) is 5. The zero-order valence-electron chi connectivity index (χ0n) is 16.1. The summed E-state index contributed by atoms with van der Waals surface area (Å²) in [7, 11) is -4.04. The molecule has 154 valence electrons. The topological polar surface area (TPSA) is 91.7 Å². The molecule has 0 aliphatic heterocycles. The highest BCUT2D eigenvalue weighted by Crippen LogP contribution is 2.30. The van der Waals surface area contributed by atoms with Crippen LogP contribution in [0.25, 0.3) is 0 Å². The Hall–Kier alpha value is -3.23. The second kappa shape index (κ2) is 9.51. The van der Waals surface area contributed by atoms with Crippen molar-refractivity contribution in [2.24, 2.45) is 5.10 Å². The Balaban J connectivity index is 1.87. The number of halogens is 1. The van der Waals surface area contributed by atoms with E-state index in [1.807, 2.05) is 6.92 Å². The Kier molecular flexibility index (Phi) is 6.81.